The van der Waals surface area contributed by atoms with Gasteiger partial charge in [0.15, 0.2) is 6.61 Å². The van der Waals surface area contributed by atoms with E-state index in [0.29, 0.717) is 25.3 Å². The summed E-state index contributed by atoms with van der Waals surface area (Å²) in [6.45, 7) is 3.06. The van der Waals surface area contributed by atoms with E-state index in [1.54, 1.807) is 28.0 Å². The van der Waals surface area contributed by atoms with Crippen LogP contribution in [0, 0.1) is 12.7 Å². The molecule has 0 radical (unpaired) electrons. The standard InChI is InChI=1S/C24H26FN3O4/c1-17-4-2-5-20(12-17)32-16-23(30)26-10-3-11-28-21(14-26)24(31)27(15-22(28)29)13-18-6-8-19(25)9-7-18/h2,4-9,12,21H,3,10-11,13-16H2,1H3. The number of carbonyl (C=O) groups is 3. The van der Waals surface area contributed by atoms with Gasteiger partial charge in [0, 0.05) is 19.6 Å². The van der Waals surface area contributed by atoms with Gasteiger partial charge in [-0.15, -0.1) is 0 Å². The molecule has 0 aromatic heterocycles. The Hall–Kier alpha value is -3.42. The Morgan fingerprint density at radius 3 is 2.66 bits per heavy atom. The van der Waals surface area contributed by atoms with Crippen LogP contribution in [-0.2, 0) is 20.9 Å². The van der Waals surface area contributed by atoms with Crippen LogP contribution in [0.25, 0.3) is 0 Å². The molecular weight excluding hydrogens is 413 g/mol. The summed E-state index contributed by atoms with van der Waals surface area (Å²) in [4.78, 5) is 43.4. The van der Waals surface area contributed by atoms with Crippen molar-refractivity contribution >= 4 is 17.7 Å². The van der Waals surface area contributed by atoms with Gasteiger partial charge in [-0.25, -0.2) is 4.39 Å². The highest BCUT2D eigenvalue weighted by molar-refractivity contribution is 5.95. The van der Waals surface area contributed by atoms with Crippen LogP contribution >= 0.6 is 0 Å². The van der Waals surface area contributed by atoms with Crippen molar-refractivity contribution in [3.63, 3.8) is 0 Å². The minimum absolute atomic E-state index is 0.0167. The van der Waals surface area contributed by atoms with E-state index < -0.39 is 6.04 Å². The van der Waals surface area contributed by atoms with Crippen molar-refractivity contribution in [3.8, 4) is 5.75 Å². The molecule has 2 saturated heterocycles. The van der Waals surface area contributed by atoms with Gasteiger partial charge in [-0.2, -0.15) is 0 Å². The van der Waals surface area contributed by atoms with Crippen molar-refractivity contribution < 1.29 is 23.5 Å². The first-order valence-electron chi connectivity index (χ1n) is 10.7. The minimum Gasteiger partial charge on any atom is -0.484 e. The lowest BCUT2D eigenvalue weighted by Gasteiger charge is -2.40. The fourth-order valence-corrected chi connectivity index (χ4v) is 4.15. The normalized spacial score (nSPS) is 18.9. The molecule has 2 aliphatic heterocycles. The zero-order valence-electron chi connectivity index (χ0n) is 18.0. The van der Waals surface area contributed by atoms with Crippen molar-refractivity contribution in [1.82, 2.24) is 14.7 Å². The molecular formula is C24H26FN3O4. The monoisotopic (exact) mass is 439 g/mol. The van der Waals surface area contributed by atoms with Crippen LogP contribution in [0.3, 0.4) is 0 Å². The molecule has 3 amide bonds. The van der Waals surface area contributed by atoms with E-state index >= 15 is 0 Å². The highest BCUT2D eigenvalue weighted by Crippen LogP contribution is 2.21. The maximum Gasteiger partial charge on any atom is 0.260 e. The van der Waals surface area contributed by atoms with Gasteiger partial charge in [0.2, 0.25) is 11.8 Å². The molecule has 4 rings (SSSR count). The second-order valence-corrected chi connectivity index (χ2v) is 8.22. The third-order valence-corrected chi connectivity index (χ3v) is 5.83. The molecule has 0 aliphatic carbocycles. The van der Waals surface area contributed by atoms with Crippen molar-refractivity contribution in [2.24, 2.45) is 0 Å². The van der Waals surface area contributed by atoms with Gasteiger partial charge in [-0.1, -0.05) is 24.3 Å². The van der Waals surface area contributed by atoms with E-state index in [9.17, 15) is 18.8 Å². The minimum atomic E-state index is -0.720. The Labute approximate surface area is 186 Å². The summed E-state index contributed by atoms with van der Waals surface area (Å²) in [7, 11) is 0. The van der Waals surface area contributed by atoms with E-state index in [1.165, 1.54) is 17.0 Å². The molecule has 7 nitrogen and oxygen atoms in total. The lowest BCUT2D eigenvalue weighted by atomic mass is 10.1. The first-order valence-corrected chi connectivity index (χ1v) is 10.7. The molecule has 2 aromatic rings. The second-order valence-electron chi connectivity index (χ2n) is 8.22. The average molecular weight is 439 g/mol. The van der Waals surface area contributed by atoms with E-state index in [4.69, 9.17) is 4.74 Å². The maximum absolute atomic E-state index is 13.2. The number of hydrogen-bond acceptors (Lipinski definition) is 4. The second kappa shape index (κ2) is 9.38. The number of carbonyl (C=O) groups excluding carboxylic acids is 3. The van der Waals surface area contributed by atoms with Crippen molar-refractivity contribution in [1.29, 1.82) is 0 Å². The molecule has 1 unspecified atom stereocenters. The molecule has 2 heterocycles. The van der Waals surface area contributed by atoms with E-state index in [0.717, 1.165) is 11.1 Å². The number of hydrogen-bond donors (Lipinski definition) is 0. The fraction of sp³-hybridized carbons (Fsp3) is 0.375. The Morgan fingerprint density at radius 1 is 1.12 bits per heavy atom. The summed E-state index contributed by atoms with van der Waals surface area (Å²) in [6, 6.07) is 12.6. The van der Waals surface area contributed by atoms with Crippen molar-refractivity contribution in [2.75, 3.05) is 32.8 Å². The van der Waals surface area contributed by atoms with Crippen LogP contribution in [0.1, 0.15) is 17.5 Å². The molecule has 2 aromatic carbocycles. The Morgan fingerprint density at radius 2 is 1.91 bits per heavy atom. The number of amides is 3. The van der Waals surface area contributed by atoms with Crippen LogP contribution < -0.4 is 4.74 Å². The van der Waals surface area contributed by atoms with Gasteiger partial charge in [0.05, 0.1) is 6.54 Å². The third kappa shape index (κ3) is 4.90. The summed E-state index contributed by atoms with van der Waals surface area (Å²) < 4.78 is 18.8. The summed E-state index contributed by atoms with van der Waals surface area (Å²) in [6.07, 6.45) is 0.601. The van der Waals surface area contributed by atoms with Gasteiger partial charge in [0.25, 0.3) is 5.91 Å². The van der Waals surface area contributed by atoms with E-state index in [1.807, 2.05) is 25.1 Å². The average Bonchev–Trinajstić information content (AvgIpc) is 3.01. The number of rotatable bonds is 5. The number of ether oxygens (including phenoxy) is 1. The van der Waals surface area contributed by atoms with Gasteiger partial charge in [-0.3, -0.25) is 14.4 Å². The van der Waals surface area contributed by atoms with E-state index in [2.05, 4.69) is 0 Å². The lowest BCUT2D eigenvalue weighted by molar-refractivity contribution is -0.157. The summed E-state index contributed by atoms with van der Waals surface area (Å²) >= 11 is 0. The molecule has 168 valence electrons. The van der Waals surface area contributed by atoms with Crippen LogP contribution in [0.2, 0.25) is 0 Å². The Kier molecular flexibility index (Phi) is 6.39. The summed E-state index contributed by atoms with van der Waals surface area (Å²) in [5.41, 5.74) is 1.78. The number of piperazine rings is 1. The van der Waals surface area contributed by atoms with Gasteiger partial charge in [-0.05, 0) is 48.7 Å². The first kappa shape index (κ1) is 21.8. The van der Waals surface area contributed by atoms with Crippen molar-refractivity contribution in [2.45, 2.75) is 25.9 Å². The van der Waals surface area contributed by atoms with Crippen LogP contribution in [0.5, 0.6) is 5.75 Å². The molecule has 2 aliphatic rings. The Bertz CT molecular complexity index is 1010. The first-order chi connectivity index (χ1) is 15.4. The highest BCUT2D eigenvalue weighted by atomic mass is 19.1. The topological polar surface area (TPSA) is 70.2 Å². The molecule has 1 atom stereocenters. The van der Waals surface area contributed by atoms with E-state index in [-0.39, 0.29) is 49.8 Å². The number of aryl methyl sites for hydroxylation is 1. The number of halogens is 1. The van der Waals surface area contributed by atoms with Gasteiger partial charge < -0.3 is 19.4 Å². The fourth-order valence-electron chi connectivity index (χ4n) is 4.15. The SMILES string of the molecule is Cc1cccc(OCC(=O)N2CCCN3C(=O)CN(Cc4ccc(F)cc4)C(=O)C3C2)c1. The predicted octanol–water partition coefficient (Wildman–Crippen LogP) is 1.98. The molecule has 8 heteroatoms. The van der Waals surface area contributed by atoms with Gasteiger partial charge in [0.1, 0.15) is 24.2 Å². The number of fused-ring (bicyclic) bond motifs is 1. The smallest absolute Gasteiger partial charge is 0.260 e. The largest absolute Gasteiger partial charge is 0.484 e. The van der Waals surface area contributed by atoms with Crippen LogP contribution in [-0.4, -0.2) is 71.2 Å². The zero-order chi connectivity index (χ0) is 22.7. The van der Waals surface area contributed by atoms with Gasteiger partial charge >= 0.3 is 0 Å². The summed E-state index contributed by atoms with van der Waals surface area (Å²) in [5.74, 6) is -0.296. The number of nitrogens with zero attached hydrogens (tertiary/aromatic N) is 3. The third-order valence-electron chi connectivity index (χ3n) is 5.83. The maximum atomic E-state index is 13.2. The quantitative estimate of drug-likeness (QED) is 0.715. The predicted molar refractivity (Wildman–Crippen MR) is 115 cm³/mol. The molecule has 0 bridgehead atoms. The molecule has 0 saturated carbocycles. The summed E-state index contributed by atoms with van der Waals surface area (Å²) in [5, 5.41) is 0. The molecule has 32 heavy (non-hydrogen) atoms. The highest BCUT2D eigenvalue weighted by Gasteiger charge is 2.42. The lowest BCUT2D eigenvalue weighted by Crippen LogP contribution is -2.61. The van der Waals surface area contributed by atoms with Crippen LogP contribution in [0.4, 0.5) is 4.39 Å². The molecule has 0 N–H and O–H groups in total. The number of benzene rings is 2. The zero-order valence-corrected chi connectivity index (χ0v) is 18.0. The molecule has 0 spiro atoms. The Balaban J connectivity index is 1.43. The molecule has 2 fully saturated rings. The van der Waals surface area contributed by atoms with Crippen LogP contribution in [0.15, 0.2) is 48.5 Å². The van der Waals surface area contributed by atoms with Crippen molar-refractivity contribution in [3.05, 3.63) is 65.5 Å².